The summed E-state index contributed by atoms with van der Waals surface area (Å²) >= 11 is 0. The predicted octanol–water partition coefficient (Wildman–Crippen LogP) is 3.05. The molecule has 1 aliphatic heterocycles. The van der Waals surface area contributed by atoms with Crippen LogP contribution in [0.3, 0.4) is 0 Å². The van der Waals surface area contributed by atoms with Crippen molar-refractivity contribution in [3.05, 3.63) is 52.7 Å². The molecule has 0 radical (unpaired) electrons. The number of hydrogen-bond donors (Lipinski definition) is 2. The van der Waals surface area contributed by atoms with E-state index in [0.717, 1.165) is 12.1 Å². The molecule has 112 valence electrons. The molecule has 21 heavy (non-hydrogen) atoms. The molecule has 6 heteroatoms. The van der Waals surface area contributed by atoms with Gasteiger partial charge in [-0.3, -0.25) is 4.79 Å². The molecule has 0 atom stereocenters. The van der Waals surface area contributed by atoms with Crippen LogP contribution in [-0.2, 0) is 13.0 Å². The molecule has 2 N–H and O–H groups in total. The molecule has 3 rings (SSSR count). The summed E-state index contributed by atoms with van der Waals surface area (Å²) in [6.45, 7) is 3.17. The zero-order valence-corrected chi connectivity index (χ0v) is 12.3. The Morgan fingerprint density at radius 1 is 1.33 bits per heavy atom. The minimum atomic E-state index is -0.439. The van der Waals surface area contributed by atoms with Gasteiger partial charge in [0.2, 0.25) is 0 Å². The summed E-state index contributed by atoms with van der Waals surface area (Å²) in [6, 6.07) is 6.71. The van der Waals surface area contributed by atoms with E-state index in [2.05, 4.69) is 10.6 Å². The Labute approximate surface area is 128 Å². The van der Waals surface area contributed by atoms with Crippen molar-refractivity contribution in [1.82, 2.24) is 5.32 Å². The molecule has 0 aliphatic carbocycles. The number of nitrogens with one attached hydrogen (secondary N) is 2. The minimum absolute atomic E-state index is 0. The molecule has 1 aromatic carbocycles. The molecule has 1 aromatic heterocycles. The van der Waals surface area contributed by atoms with Gasteiger partial charge in [0.1, 0.15) is 11.6 Å². The Bertz CT molecular complexity index is 670. The quantitative estimate of drug-likeness (QED) is 0.896. The first-order valence-electron chi connectivity index (χ1n) is 6.54. The van der Waals surface area contributed by atoms with Gasteiger partial charge in [0.05, 0.1) is 5.69 Å². The van der Waals surface area contributed by atoms with E-state index in [1.165, 1.54) is 0 Å². The van der Waals surface area contributed by atoms with E-state index < -0.39 is 5.91 Å². The largest absolute Gasteiger partial charge is 0.456 e. The zero-order chi connectivity index (χ0) is 14.1. The van der Waals surface area contributed by atoms with Crippen molar-refractivity contribution < 1.29 is 13.6 Å². The summed E-state index contributed by atoms with van der Waals surface area (Å²) in [4.78, 5) is 12.0. The summed E-state index contributed by atoms with van der Waals surface area (Å²) in [5, 5.41) is 5.75. The van der Waals surface area contributed by atoms with Crippen LogP contribution in [0.15, 0.2) is 28.7 Å². The number of halogens is 2. The molecule has 2 aromatic rings. The number of benzene rings is 1. The fourth-order valence-electron chi connectivity index (χ4n) is 2.37. The molecule has 1 aliphatic rings. The average Bonchev–Trinajstić information content (AvgIpc) is 2.89. The molecule has 0 saturated carbocycles. The van der Waals surface area contributed by atoms with Gasteiger partial charge in [0.15, 0.2) is 5.76 Å². The van der Waals surface area contributed by atoms with Crippen LogP contribution >= 0.6 is 12.4 Å². The molecule has 0 fully saturated rings. The van der Waals surface area contributed by atoms with Gasteiger partial charge in [-0.15, -0.1) is 12.4 Å². The van der Waals surface area contributed by atoms with Gasteiger partial charge >= 0.3 is 0 Å². The summed E-state index contributed by atoms with van der Waals surface area (Å²) in [5.41, 5.74) is 1.82. The lowest BCUT2D eigenvalue weighted by atomic mass is 9.99. The summed E-state index contributed by atoms with van der Waals surface area (Å²) in [5.74, 6) is 0.0416. The number of rotatable bonds is 2. The number of aryl methyl sites for hydroxylation is 1. The van der Waals surface area contributed by atoms with Crippen molar-refractivity contribution in [1.29, 1.82) is 0 Å². The first kappa shape index (κ1) is 15.5. The smallest absolute Gasteiger partial charge is 0.291 e. The number of hydrogen-bond acceptors (Lipinski definition) is 3. The molecular weight excluding hydrogens is 295 g/mol. The van der Waals surface area contributed by atoms with Crippen molar-refractivity contribution in [3.8, 4) is 0 Å². The van der Waals surface area contributed by atoms with E-state index in [0.29, 0.717) is 24.3 Å². The highest BCUT2D eigenvalue weighted by Crippen LogP contribution is 2.25. The Hall–Kier alpha value is -1.85. The highest BCUT2D eigenvalue weighted by atomic mass is 35.5. The number of anilines is 1. The van der Waals surface area contributed by atoms with Gasteiger partial charge in [-0.25, -0.2) is 4.39 Å². The number of amides is 1. The molecule has 1 amide bonds. The summed E-state index contributed by atoms with van der Waals surface area (Å²) in [7, 11) is 0. The zero-order valence-electron chi connectivity index (χ0n) is 11.5. The second kappa shape index (κ2) is 6.28. The first-order chi connectivity index (χ1) is 9.65. The topological polar surface area (TPSA) is 54.3 Å². The maximum atomic E-state index is 14.4. The maximum absolute atomic E-state index is 14.4. The Kier molecular flexibility index (Phi) is 4.65. The fraction of sp³-hybridized carbons (Fsp3) is 0.267. The Morgan fingerprint density at radius 2 is 2.14 bits per heavy atom. The Morgan fingerprint density at radius 3 is 2.86 bits per heavy atom. The molecule has 4 nitrogen and oxygen atoms in total. The van der Waals surface area contributed by atoms with Crippen LogP contribution < -0.4 is 10.6 Å². The highest BCUT2D eigenvalue weighted by Gasteiger charge is 2.18. The van der Waals surface area contributed by atoms with Gasteiger partial charge in [-0.1, -0.05) is 6.07 Å². The third-order valence-electron chi connectivity index (χ3n) is 3.42. The van der Waals surface area contributed by atoms with Gasteiger partial charge in [0.25, 0.3) is 5.91 Å². The maximum Gasteiger partial charge on any atom is 0.291 e. The van der Waals surface area contributed by atoms with E-state index >= 15 is 0 Å². The number of fused-ring (bicyclic) bond motifs is 1. The molecule has 0 unspecified atom stereocenters. The Balaban J connectivity index is 0.00000161. The monoisotopic (exact) mass is 310 g/mol. The van der Waals surface area contributed by atoms with E-state index in [1.54, 1.807) is 25.1 Å². The minimum Gasteiger partial charge on any atom is -0.456 e. The standard InChI is InChI=1S/C15H15FN2O2.ClH/c1-9-2-5-13(20-9)15(19)18-12-4-3-10-8-17-7-6-11(10)14(12)16;/h2-5,17H,6-8H2,1H3,(H,18,19);1H. The molecular formula is C15H16ClFN2O2. The second-order valence-corrected chi connectivity index (χ2v) is 4.86. The third-order valence-corrected chi connectivity index (χ3v) is 3.42. The first-order valence-corrected chi connectivity index (χ1v) is 6.54. The van der Waals surface area contributed by atoms with Gasteiger partial charge in [-0.2, -0.15) is 0 Å². The van der Waals surface area contributed by atoms with Crippen LogP contribution in [0.4, 0.5) is 10.1 Å². The lowest BCUT2D eigenvalue weighted by molar-refractivity contribution is 0.0995. The SMILES string of the molecule is Cc1ccc(C(=O)Nc2ccc3c(c2F)CCNC3)o1.Cl. The molecule has 2 heterocycles. The van der Waals surface area contributed by atoms with E-state index in [9.17, 15) is 9.18 Å². The van der Waals surface area contributed by atoms with Crippen molar-refractivity contribution in [2.75, 3.05) is 11.9 Å². The third kappa shape index (κ3) is 3.09. The van der Waals surface area contributed by atoms with Crippen molar-refractivity contribution >= 4 is 24.0 Å². The molecule has 0 spiro atoms. The summed E-state index contributed by atoms with van der Waals surface area (Å²) < 4.78 is 19.6. The highest BCUT2D eigenvalue weighted by molar-refractivity contribution is 6.02. The van der Waals surface area contributed by atoms with Crippen LogP contribution in [0.2, 0.25) is 0 Å². The number of carbonyl (C=O) groups is 1. The van der Waals surface area contributed by atoms with E-state index in [1.807, 2.05) is 6.07 Å². The lowest BCUT2D eigenvalue weighted by Crippen LogP contribution is -2.25. The average molecular weight is 311 g/mol. The number of furan rings is 1. The molecule has 0 bridgehead atoms. The van der Waals surface area contributed by atoms with Crippen LogP contribution in [0.5, 0.6) is 0 Å². The fourth-order valence-corrected chi connectivity index (χ4v) is 2.37. The van der Waals surface area contributed by atoms with Crippen LogP contribution in [0, 0.1) is 12.7 Å². The van der Waals surface area contributed by atoms with Crippen LogP contribution in [0.25, 0.3) is 0 Å². The normalized spacial score (nSPS) is 13.2. The van der Waals surface area contributed by atoms with Gasteiger partial charge in [-0.05, 0) is 49.2 Å². The summed E-state index contributed by atoms with van der Waals surface area (Å²) in [6.07, 6.45) is 0.630. The van der Waals surface area contributed by atoms with E-state index in [-0.39, 0.29) is 29.7 Å². The number of carbonyl (C=O) groups excluding carboxylic acids is 1. The van der Waals surface area contributed by atoms with Gasteiger partial charge < -0.3 is 15.1 Å². The second-order valence-electron chi connectivity index (χ2n) is 4.86. The van der Waals surface area contributed by atoms with Crippen molar-refractivity contribution in [3.63, 3.8) is 0 Å². The van der Waals surface area contributed by atoms with Gasteiger partial charge in [0, 0.05) is 6.54 Å². The van der Waals surface area contributed by atoms with Crippen LogP contribution in [-0.4, -0.2) is 12.5 Å². The van der Waals surface area contributed by atoms with Crippen molar-refractivity contribution in [2.45, 2.75) is 19.9 Å². The van der Waals surface area contributed by atoms with Crippen LogP contribution in [0.1, 0.15) is 27.4 Å². The lowest BCUT2D eigenvalue weighted by Gasteiger charge is -2.19. The van der Waals surface area contributed by atoms with Crippen molar-refractivity contribution in [2.24, 2.45) is 0 Å². The van der Waals surface area contributed by atoms with E-state index in [4.69, 9.17) is 4.42 Å². The molecule has 0 saturated heterocycles. The predicted molar refractivity (Wildman–Crippen MR) is 80.5 cm³/mol.